The van der Waals surface area contributed by atoms with Crippen LogP contribution in [0.5, 0.6) is 0 Å². The molecule has 2 rings (SSSR count). The van der Waals surface area contributed by atoms with Gasteiger partial charge in [-0.25, -0.2) is 4.39 Å². The van der Waals surface area contributed by atoms with Crippen molar-refractivity contribution in [2.75, 3.05) is 18.6 Å². The van der Waals surface area contributed by atoms with Crippen molar-refractivity contribution < 1.29 is 19.4 Å². The van der Waals surface area contributed by atoms with Crippen molar-refractivity contribution in [1.29, 1.82) is 0 Å². The Hall–Kier alpha value is -1.46. The van der Waals surface area contributed by atoms with Gasteiger partial charge in [0.1, 0.15) is 5.82 Å². The van der Waals surface area contributed by atoms with Crippen molar-refractivity contribution in [1.82, 2.24) is 0 Å². The van der Waals surface area contributed by atoms with E-state index < -0.39 is 23.9 Å². The predicted molar refractivity (Wildman–Crippen MR) is 50.8 cm³/mol. The molecule has 15 heavy (non-hydrogen) atoms. The van der Waals surface area contributed by atoms with Gasteiger partial charge in [-0.2, -0.15) is 0 Å². The van der Waals surface area contributed by atoms with Gasteiger partial charge in [-0.15, -0.1) is 0 Å². The van der Waals surface area contributed by atoms with Crippen LogP contribution >= 0.6 is 0 Å². The number of benzene rings is 1. The number of carbonyl (C=O) groups excluding carboxylic acids is 1. The van der Waals surface area contributed by atoms with Crippen LogP contribution in [0.4, 0.5) is 10.1 Å². The second-order valence-corrected chi connectivity index (χ2v) is 3.54. The molecule has 80 valence electrons. The number of hydrogen-bond acceptors (Lipinski definition) is 3. The van der Waals surface area contributed by atoms with E-state index >= 15 is 0 Å². The standard InChI is InChI=1S/C10H10FNO3/c1-12-8-3-2-6(11)4-7(8)10(15,5-13)9(12)14/h2-4,13,15H,5H2,1H3. The summed E-state index contributed by atoms with van der Waals surface area (Å²) in [7, 11) is 1.46. The number of nitrogens with zero attached hydrogens (tertiary/aromatic N) is 1. The number of aliphatic hydroxyl groups excluding tert-OH is 1. The Morgan fingerprint density at radius 2 is 2.20 bits per heavy atom. The number of likely N-dealkylation sites (N-methyl/N-ethyl adjacent to an activating group) is 1. The highest BCUT2D eigenvalue weighted by Crippen LogP contribution is 2.39. The molecule has 1 amide bonds. The molecule has 0 spiro atoms. The normalized spacial score (nSPS) is 24.5. The Kier molecular flexibility index (Phi) is 2.02. The molecule has 1 aromatic rings. The monoisotopic (exact) mass is 211 g/mol. The first kappa shape index (κ1) is 10.1. The predicted octanol–water partition coefficient (Wildman–Crippen LogP) is -0.0180. The van der Waals surface area contributed by atoms with E-state index in [1.54, 1.807) is 0 Å². The minimum absolute atomic E-state index is 0.109. The van der Waals surface area contributed by atoms with Crippen molar-refractivity contribution in [3.8, 4) is 0 Å². The summed E-state index contributed by atoms with van der Waals surface area (Å²) in [4.78, 5) is 12.8. The Morgan fingerprint density at radius 3 is 2.80 bits per heavy atom. The quantitative estimate of drug-likeness (QED) is 0.686. The largest absolute Gasteiger partial charge is 0.392 e. The number of amides is 1. The van der Waals surface area contributed by atoms with Crippen LogP contribution in [0, 0.1) is 5.82 Å². The van der Waals surface area contributed by atoms with Crippen molar-refractivity contribution >= 4 is 11.6 Å². The average Bonchev–Trinajstić information content (AvgIpc) is 2.42. The summed E-state index contributed by atoms with van der Waals surface area (Å²) < 4.78 is 13.0. The third kappa shape index (κ3) is 1.17. The maximum Gasteiger partial charge on any atom is 0.265 e. The van der Waals surface area contributed by atoms with Gasteiger partial charge in [-0.05, 0) is 18.2 Å². The highest BCUT2D eigenvalue weighted by molar-refractivity contribution is 6.06. The lowest BCUT2D eigenvalue weighted by atomic mass is 9.96. The Balaban J connectivity index is 2.67. The van der Waals surface area contributed by atoms with E-state index in [9.17, 15) is 14.3 Å². The molecule has 0 fully saturated rings. The van der Waals surface area contributed by atoms with Gasteiger partial charge in [-0.3, -0.25) is 4.79 Å². The zero-order valence-electron chi connectivity index (χ0n) is 8.07. The molecule has 4 nitrogen and oxygen atoms in total. The molecule has 1 atom stereocenters. The smallest absolute Gasteiger partial charge is 0.265 e. The minimum Gasteiger partial charge on any atom is -0.392 e. The molecule has 5 heteroatoms. The highest BCUT2D eigenvalue weighted by Gasteiger charge is 2.48. The van der Waals surface area contributed by atoms with Gasteiger partial charge in [-0.1, -0.05) is 0 Å². The van der Waals surface area contributed by atoms with Crippen molar-refractivity contribution in [3.63, 3.8) is 0 Å². The zero-order valence-corrected chi connectivity index (χ0v) is 8.07. The first-order valence-electron chi connectivity index (χ1n) is 4.42. The maximum absolute atomic E-state index is 13.0. The Labute approximate surface area is 85.6 Å². The van der Waals surface area contributed by atoms with E-state index in [1.807, 2.05) is 0 Å². The average molecular weight is 211 g/mol. The summed E-state index contributed by atoms with van der Waals surface area (Å²) in [5, 5.41) is 18.9. The van der Waals surface area contributed by atoms with Crippen LogP contribution in [-0.4, -0.2) is 29.8 Å². The van der Waals surface area contributed by atoms with Gasteiger partial charge in [0.2, 0.25) is 0 Å². The Bertz CT molecular complexity index is 435. The van der Waals surface area contributed by atoms with E-state index in [2.05, 4.69) is 0 Å². The van der Waals surface area contributed by atoms with Crippen LogP contribution in [0.25, 0.3) is 0 Å². The number of halogens is 1. The molecular weight excluding hydrogens is 201 g/mol. The number of fused-ring (bicyclic) bond motifs is 1. The number of carbonyl (C=O) groups is 1. The number of anilines is 1. The van der Waals surface area contributed by atoms with Crippen molar-refractivity contribution in [3.05, 3.63) is 29.6 Å². The van der Waals surface area contributed by atoms with Crippen molar-refractivity contribution in [2.45, 2.75) is 5.60 Å². The Morgan fingerprint density at radius 1 is 1.53 bits per heavy atom. The van der Waals surface area contributed by atoms with Gasteiger partial charge >= 0.3 is 0 Å². The molecule has 1 aromatic carbocycles. The molecule has 1 heterocycles. The van der Waals surface area contributed by atoms with E-state index in [4.69, 9.17) is 5.11 Å². The molecule has 0 saturated carbocycles. The fraction of sp³-hybridized carbons (Fsp3) is 0.300. The molecular formula is C10H10FNO3. The summed E-state index contributed by atoms with van der Waals surface area (Å²) in [5.74, 6) is -1.20. The minimum atomic E-state index is -2.01. The summed E-state index contributed by atoms with van der Waals surface area (Å²) >= 11 is 0. The second-order valence-electron chi connectivity index (χ2n) is 3.54. The van der Waals surface area contributed by atoms with Crippen LogP contribution in [0.1, 0.15) is 5.56 Å². The number of hydrogen-bond donors (Lipinski definition) is 2. The highest BCUT2D eigenvalue weighted by atomic mass is 19.1. The first-order valence-corrected chi connectivity index (χ1v) is 4.42. The summed E-state index contributed by atoms with van der Waals surface area (Å²) in [6, 6.07) is 3.66. The lowest BCUT2D eigenvalue weighted by molar-refractivity contribution is -0.139. The zero-order chi connectivity index (χ0) is 11.2. The topological polar surface area (TPSA) is 60.8 Å². The second kappa shape index (κ2) is 3.01. The molecule has 0 aromatic heterocycles. The van der Waals surface area contributed by atoms with Gasteiger partial charge in [0.05, 0.1) is 12.3 Å². The van der Waals surface area contributed by atoms with Crippen LogP contribution in [0.3, 0.4) is 0 Å². The fourth-order valence-electron chi connectivity index (χ4n) is 1.79. The maximum atomic E-state index is 13.0. The van der Waals surface area contributed by atoms with E-state index in [0.29, 0.717) is 5.69 Å². The number of rotatable bonds is 1. The molecule has 2 N–H and O–H groups in total. The molecule has 0 aliphatic carbocycles. The molecule has 0 saturated heterocycles. The molecule has 1 aliphatic rings. The SMILES string of the molecule is CN1C(=O)C(O)(CO)c2cc(F)ccc21. The molecule has 1 unspecified atom stereocenters. The first-order chi connectivity index (χ1) is 7.00. The lowest BCUT2D eigenvalue weighted by Gasteiger charge is -2.18. The summed E-state index contributed by atoms with van der Waals surface area (Å²) in [6.07, 6.45) is 0. The molecule has 0 bridgehead atoms. The van der Waals surface area contributed by atoms with Gasteiger partial charge in [0.25, 0.3) is 5.91 Å². The van der Waals surface area contributed by atoms with E-state index in [0.717, 1.165) is 6.07 Å². The third-order valence-corrected chi connectivity index (χ3v) is 2.65. The molecule has 1 aliphatic heterocycles. The van der Waals surface area contributed by atoms with Crippen molar-refractivity contribution in [2.24, 2.45) is 0 Å². The summed E-state index contributed by atoms with van der Waals surface area (Å²) in [5.41, 5.74) is -1.48. The van der Waals surface area contributed by atoms with Crippen LogP contribution in [-0.2, 0) is 10.4 Å². The van der Waals surface area contributed by atoms with Crippen LogP contribution < -0.4 is 4.90 Å². The third-order valence-electron chi connectivity index (χ3n) is 2.65. The van der Waals surface area contributed by atoms with Crippen LogP contribution in [0.2, 0.25) is 0 Å². The van der Waals surface area contributed by atoms with Gasteiger partial charge in [0, 0.05) is 12.6 Å². The lowest BCUT2D eigenvalue weighted by Crippen LogP contribution is -2.41. The fourth-order valence-corrected chi connectivity index (χ4v) is 1.79. The molecule has 0 radical (unpaired) electrons. The summed E-state index contributed by atoms with van der Waals surface area (Å²) in [6.45, 7) is -0.757. The van der Waals surface area contributed by atoms with Gasteiger partial charge < -0.3 is 15.1 Å². The van der Waals surface area contributed by atoms with Gasteiger partial charge in [0.15, 0.2) is 5.60 Å². The van der Waals surface area contributed by atoms with E-state index in [-0.39, 0.29) is 5.56 Å². The van der Waals surface area contributed by atoms with E-state index in [1.165, 1.54) is 24.1 Å². The number of aliphatic hydroxyl groups is 2. The van der Waals surface area contributed by atoms with Crippen LogP contribution in [0.15, 0.2) is 18.2 Å².